The summed E-state index contributed by atoms with van der Waals surface area (Å²) in [6.45, 7) is 0.788. The van der Waals surface area contributed by atoms with E-state index < -0.39 is 18.7 Å². The molecule has 9 heteroatoms. The van der Waals surface area contributed by atoms with Crippen LogP contribution < -0.4 is 5.73 Å². The third-order valence-electron chi connectivity index (χ3n) is 3.61. The average Bonchev–Trinajstić information content (AvgIpc) is 2.93. The molecule has 6 nitrogen and oxygen atoms in total. The zero-order chi connectivity index (χ0) is 16.2. The number of alkyl halides is 3. The Labute approximate surface area is 125 Å². The molecule has 1 atom stereocenters. The van der Waals surface area contributed by atoms with Gasteiger partial charge in [0.15, 0.2) is 0 Å². The summed E-state index contributed by atoms with van der Waals surface area (Å²) in [6, 6.07) is 1.64. The summed E-state index contributed by atoms with van der Waals surface area (Å²) in [6.07, 6.45) is -2.43. The summed E-state index contributed by atoms with van der Waals surface area (Å²) in [7, 11) is 0. The number of piperidine rings is 1. The van der Waals surface area contributed by atoms with Crippen LogP contribution in [0.15, 0.2) is 6.07 Å². The number of carbonyl (C=O) groups excluding carboxylic acids is 1. The van der Waals surface area contributed by atoms with Gasteiger partial charge in [0.05, 0.1) is 6.61 Å². The average molecular weight is 320 g/mol. The topological polar surface area (TPSA) is 84.2 Å². The lowest BCUT2D eigenvalue weighted by Gasteiger charge is -2.32. The van der Waals surface area contributed by atoms with E-state index in [1.165, 1.54) is 0 Å². The van der Waals surface area contributed by atoms with Crippen molar-refractivity contribution in [2.24, 2.45) is 5.73 Å². The lowest BCUT2D eigenvalue weighted by atomic mass is 9.94. The number of rotatable bonds is 6. The van der Waals surface area contributed by atoms with Gasteiger partial charge in [0, 0.05) is 24.7 Å². The first-order valence-electron chi connectivity index (χ1n) is 7.07. The van der Waals surface area contributed by atoms with E-state index in [0.717, 1.165) is 25.1 Å². The van der Waals surface area contributed by atoms with Crippen molar-refractivity contribution in [3.05, 3.63) is 17.5 Å². The van der Waals surface area contributed by atoms with Gasteiger partial charge >= 0.3 is 6.18 Å². The molecule has 1 fully saturated rings. The van der Waals surface area contributed by atoms with Crippen LogP contribution in [0.1, 0.15) is 34.9 Å². The molecule has 1 aromatic heterocycles. The van der Waals surface area contributed by atoms with E-state index in [2.05, 4.69) is 19.8 Å². The number of H-pyrrole nitrogens is 1. The molecule has 0 aliphatic carbocycles. The molecule has 2 heterocycles. The minimum Gasteiger partial charge on any atom is -0.371 e. The van der Waals surface area contributed by atoms with Gasteiger partial charge in [0.2, 0.25) is 0 Å². The number of aromatic amines is 1. The molecule has 0 aromatic carbocycles. The van der Waals surface area contributed by atoms with Gasteiger partial charge < -0.3 is 15.4 Å². The molecule has 3 N–H and O–H groups in total. The third kappa shape index (κ3) is 4.99. The van der Waals surface area contributed by atoms with E-state index in [9.17, 15) is 18.0 Å². The second-order valence-electron chi connectivity index (χ2n) is 5.38. The van der Waals surface area contributed by atoms with Crippen molar-refractivity contribution >= 4 is 5.91 Å². The van der Waals surface area contributed by atoms with E-state index in [1.807, 2.05) is 0 Å². The summed E-state index contributed by atoms with van der Waals surface area (Å²) in [4.78, 5) is 13.1. The van der Waals surface area contributed by atoms with Crippen LogP contribution in [0.2, 0.25) is 0 Å². The van der Waals surface area contributed by atoms with Crippen molar-refractivity contribution in [3.8, 4) is 0 Å². The standard InChI is InChI=1S/C13H19F3N4O2/c14-13(15,16)8-22-5-4-20-3-1-2-9(7-20)10-6-11(12(17)21)19-18-10/h6,9H,1-5,7-8H2,(H2,17,21)(H,18,19)/t9-/m1/s1. The minimum atomic E-state index is -4.29. The maximum absolute atomic E-state index is 12.0. The summed E-state index contributed by atoms with van der Waals surface area (Å²) >= 11 is 0. The quantitative estimate of drug-likeness (QED) is 0.773. The number of hydrogen-bond donors (Lipinski definition) is 2. The number of primary amides is 1. The first-order valence-corrected chi connectivity index (χ1v) is 7.07. The first-order chi connectivity index (χ1) is 10.3. The van der Waals surface area contributed by atoms with Crippen LogP contribution in [0, 0.1) is 0 Å². The highest BCUT2D eigenvalue weighted by molar-refractivity contribution is 5.90. The highest BCUT2D eigenvalue weighted by atomic mass is 19.4. The van der Waals surface area contributed by atoms with Crippen LogP contribution in [0.4, 0.5) is 13.2 Å². The highest BCUT2D eigenvalue weighted by Gasteiger charge is 2.28. The Morgan fingerprint density at radius 3 is 2.95 bits per heavy atom. The number of nitrogens with one attached hydrogen (secondary N) is 1. The summed E-state index contributed by atoms with van der Waals surface area (Å²) in [5, 5.41) is 6.66. The molecule has 0 bridgehead atoms. The number of halogens is 3. The van der Waals surface area contributed by atoms with Crippen LogP contribution in [-0.2, 0) is 4.74 Å². The van der Waals surface area contributed by atoms with Gasteiger partial charge in [-0.05, 0) is 25.5 Å². The lowest BCUT2D eigenvalue weighted by Crippen LogP contribution is -2.37. The minimum absolute atomic E-state index is 0.0434. The van der Waals surface area contributed by atoms with Gasteiger partial charge in [0.25, 0.3) is 5.91 Å². The van der Waals surface area contributed by atoms with Crippen LogP contribution in [0.5, 0.6) is 0 Å². The van der Waals surface area contributed by atoms with Gasteiger partial charge in [-0.3, -0.25) is 9.89 Å². The number of likely N-dealkylation sites (tertiary alicyclic amines) is 1. The van der Waals surface area contributed by atoms with E-state index in [1.54, 1.807) is 6.07 Å². The molecule has 1 amide bonds. The molecule has 0 radical (unpaired) electrons. The molecular formula is C13H19F3N4O2. The Balaban J connectivity index is 1.80. The number of nitrogens with two attached hydrogens (primary N) is 1. The van der Waals surface area contributed by atoms with Crippen molar-refractivity contribution < 1.29 is 22.7 Å². The molecule has 2 rings (SSSR count). The largest absolute Gasteiger partial charge is 0.411 e. The third-order valence-corrected chi connectivity index (χ3v) is 3.61. The molecule has 22 heavy (non-hydrogen) atoms. The molecule has 1 saturated heterocycles. The Bertz CT molecular complexity index is 504. The van der Waals surface area contributed by atoms with Crippen LogP contribution in [0.3, 0.4) is 0 Å². The van der Waals surface area contributed by atoms with E-state index in [0.29, 0.717) is 13.1 Å². The fourth-order valence-electron chi connectivity index (χ4n) is 2.57. The van der Waals surface area contributed by atoms with Crippen LogP contribution in [0.25, 0.3) is 0 Å². The number of amides is 1. The number of carbonyl (C=O) groups is 1. The fourth-order valence-corrected chi connectivity index (χ4v) is 2.57. The second kappa shape index (κ2) is 7.10. The summed E-state index contributed by atoms with van der Waals surface area (Å²) in [5.74, 6) is -0.423. The van der Waals surface area contributed by atoms with E-state index in [-0.39, 0.29) is 18.2 Å². The van der Waals surface area contributed by atoms with Crippen molar-refractivity contribution in [1.29, 1.82) is 0 Å². The smallest absolute Gasteiger partial charge is 0.371 e. The Hall–Kier alpha value is -1.61. The van der Waals surface area contributed by atoms with Gasteiger partial charge in [-0.1, -0.05) is 0 Å². The van der Waals surface area contributed by atoms with E-state index >= 15 is 0 Å². The Kier molecular flexibility index (Phi) is 5.41. The zero-order valence-electron chi connectivity index (χ0n) is 12.0. The lowest BCUT2D eigenvalue weighted by molar-refractivity contribution is -0.174. The fraction of sp³-hybridized carbons (Fsp3) is 0.692. The predicted molar refractivity (Wildman–Crippen MR) is 72.4 cm³/mol. The number of hydrogen-bond acceptors (Lipinski definition) is 4. The molecule has 0 saturated carbocycles. The number of ether oxygens (including phenoxy) is 1. The van der Waals surface area contributed by atoms with Crippen molar-refractivity contribution in [2.45, 2.75) is 24.9 Å². The molecule has 1 aliphatic rings. The zero-order valence-corrected chi connectivity index (χ0v) is 12.0. The SMILES string of the molecule is NC(=O)c1cc([C@@H]2CCCN(CCOCC(F)(F)F)C2)[nH]n1. The van der Waals surface area contributed by atoms with Gasteiger partial charge in [-0.2, -0.15) is 18.3 Å². The van der Waals surface area contributed by atoms with Gasteiger partial charge in [0.1, 0.15) is 12.3 Å². The van der Waals surface area contributed by atoms with Crippen molar-refractivity contribution in [1.82, 2.24) is 15.1 Å². The van der Waals surface area contributed by atoms with Crippen LogP contribution >= 0.6 is 0 Å². The number of aromatic nitrogens is 2. The van der Waals surface area contributed by atoms with E-state index in [4.69, 9.17) is 5.73 Å². The highest BCUT2D eigenvalue weighted by Crippen LogP contribution is 2.25. The monoisotopic (exact) mass is 320 g/mol. The molecular weight excluding hydrogens is 301 g/mol. The maximum Gasteiger partial charge on any atom is 0.411 e. The van der Waals surface area contributed by atoms with Crippen LogP contribution in [-0.4, -0.2) is 60.0 Å². The normalized spacial score (nSPS) is 20.2. The van der Waals surface area contributed by atoms with Gasteiger partial charge in [-0.15, -0.1) is 0 Å². The first kappa shape index (κ1) is 16.8. The van der Waals surface area contributed by atoms with Gasteiger partial charge in [-0.25, -0.2) is 0 Å². The van der Waals surface area contributed by atoms with Crippen molar-refractivity contribution in [3.63, 3.8) is 0 Å². The number of nitrogens with zero attached hydrogens (tertiary/aromatic N) is 2. The Morgan fingerprint density at radius 1 is 1.55 bits per heavy atom. The summed E-state index contributed by atoms with van der Waals surface area (Å²) < 4.78 is 40.6. The molecule has 124 valence electrons. The summed E-state index contributed by atoms with van der Waals surface area (Å²) in [5.41, 5.74) is 6.18. The molecule has 0 unspecified atom stereocenters. The molecule has 1 aliphatic heterocycles. The predicted octanol–water partition coefficient (Wildman–Crippen LogP) is 1.27. The van der Waals surface area contributed by atoms with Crippen molar-refractivity contribution in [2.75, 3.05) is 32.8 Å². The molecule has 1 aromatic rings. The maximum atomic E-state index is 12.0. The second-order valence-corrected chi connectivity index (χ2v) is 5.38. The molecule has 0 spiro atoms. The Morgan fingerprint density at radius 2 is 2.32 bits per heavy atom.